The van der Waals surface area contributed by atoms with Crippen molar-refractivity contribution in [3.8, 4) is 0 Å². The van der Waals surface area contributed by atoms with Gasteiger partial charge in [-0.15, -0.1) is 24.0 Å². The van der Waals surface area contributed by atoms with E-state index in [4.69, 9.17) is 16.0 Å². The fourth-order valence-electron chi connectivity index (χ4n) is 2.16. The van der Waals surface area contributed by atoms with Crippen molar-refractivity contribution < 1.29 is 9.21 Å². The summed E-state index contributed by atoms with van der Waals surface area (Å²) in [4.78, 5) is 18.0. The van der Waals surface area contributed by atoms with E-state index in [0.29, 0.717) is 29.8 Å². The van der Waals surface area contributed by atoms with E-state index in [2.05, 4.69) is 15.6 Å². The summed E-state index contributed by atoms with van der Waals surface area (Å²) >= 11 is 6.17. The molecule has 0 aliphatic rings. The molecule has 0 fully saturated rings. The molecular weight excluding hydrogens is 455 g/mol. The Bertz CT molecular complexity index is 692. The summed E-state index contributed by atoms with van der Waals surface area (Å²) in [5.41, 5.74) is 0.992. The highest BCUT2D eigenvalue weighted by Gasteiger charge is 2.10. The summed E-state index contributed by atoms with van der Waals surface area (Å²) in [6, 6.07) is 11.2. The number of nitrogens with one attached hydrogen (secondary N) is 2. The predicted molar refractivity (Wildman–Crippen MR) is 110 cm³/mol. The molecule has 1 heterocycles. The number of carbonyl (C=O) groups excluding carboxylic acids is 1. The molecule has 0 atom stereocenters. The Morgan fingerprint density at radius 3 is 2.64 bits per heavy atom. The van der Waals surface area contributed by atoms with E-state index in [-0.39, 0.29) is 36.4 Å². The van der Waals surface area contributed by atoms with Crippen LogP contribution in [0.25, 0.3) is 0 Å². The number of nitrogens with zero attached hydrogens (tertiary/aromatic N) is 2. The van der Waals surface area contributed by atoms with Crippen LogP contribution in [-0.4, -0.2) is 37.4 Å². The smallest absolute Gasteiger partial charge is 0.239 e. The fraction of sp³-hybridized carbons (Fsp3) is 0.294. The number of benzene rings is 1. The van der Waals surface area contributed by atoms with Crippen molar-refractivity contribution in [1.82, 2.24) is 15.5 Å². The van der Waals surface area contributed by atoms with Gasteiger partial charge in [0.2, 0.25) is 5.91 Å². The third kappa shape index (κ3) is 6.95. The highest BCUT2D eigenvalue weighted by Crippen LogP contribution is 2.16. The zero-order chi connectivity index (χ0) is 17.4. The van der Waals surface area contributed by atoms with Gasteiger partial charge >= 0.3 is 0 Å². The lowest BCUT2D eigenvalue weighted by atomic mass is 10.2. The summed E-state index contributed by atoms with van der Waals surface area (Å²) in [5, 5.41) is 6.51. The van der Waals surface area contributed by atoms with Crippen LogP contribution in [0.1, 0.15) is 11.3 Å². The number of hydrogen-bond donors (Lipinski definition) is 2. The van der Waals surface area contributed by atoms with Gasteiger partial charge in [0.05, 0.1) is 19.4 Å². The van der Waals surface area contributed by atoms with Crippen molar-refractivity contribution >= 4 is 47.4 Å². The highest BCUT2D eigenvalue weighted by atomic mass is 127. The largest absolute Gasteiger partial charge is 0.467 e. The topological polar surface area (TPSA) is 69.9 Å². The van der Waals surface area contributed by atoms with Gasteiger partial charge in [-0.1, -0.05) is 29.8 Å². The second-order valence-electron chi connectivity index (χ2n) is 5.20. The molecule has 0 saturated carbocycles. The van der Waals surface area contributed by atoms with Gasteiger partial charge in [0, 0.05) is 25.7 Å². The normalized spacial score (nSPS) is 10.8. The molecule has 2 aromatic rings. The molecule has 136 valence electrons. The van der Waals surface area contributed by atoms with Crippen molar-refractivity contribution in [2.45, 2.75) is 13.1 Å². The lowest BCUT2D eigenvalue weighted by Gasteiger charge is -2.22. The molecule has 0 unspecified atom stereocenters. The Morgan fingerprint density at radius 2 is 2.00 bits per heavy atom. The number of rotatable bonds is 6. The Hall–Kier alpha value is -1.74. The van der Waals surface area contributed by atoms with Crippen molar-refractivity contribution in [3.05, 3.63) is 59.0 Å². The Balaban J connectivity index is 0.00000312. The molecule has 0 aliphatic carbocycles. The molecule has 0 saturated heterocycles. The van der Waals surface area contributed by atoms with Crippen molar-refractivity contribution in [3.63, 3.8) is 0 Å². The maximum Gasteiger partial charge on any atom is 0.239 e. The molecule has 1 aromatic carbocycles. The maximum absolute atomic E-state index is 11.9. The highest BCUT2D eigenvalue weighted by molar-refractivity contribution is 14.0. The summed E-state index contributed by atoms with van der Waals surface area (Å²) < 4.78 is 5.17. The summed E-state index contributed by atoms with van der Waals surface area (Å²) in [6.45, 7) is 1.08. The monoisotopic (exact) mass is 476 g/mol. The number of guanidine groups is 1. The molecule has 25 heavy (non-hydrogen) atoms. The SMILES string of the molecule is CN=C(NCC(=O)NCc1ccco1)N(C)Cc1ccccc1Cl.I. The number of carbonyl (C=O) groups is 1. The molecule has 1 amide bonds. The van der Waals surface area contributed by atoms with Gasteiger partial charge in [0.1, 0.15) is 5.76 Å². The molecule has 0 bridgehead atoms. The summed E-state index contributed by atoms with van der Waals surface area (Å²) in [5.74, 6) is 1.19. The van der Waals surface area contributed by atoms with E-state index < -0.39 is 0 Å². The lowest BCUT2D eigenvalue weighted by Crippen LogP contribution is -2.43. The average molecular weight is 477 g/mol. The number of aliphatic imine (C=N–C) groups is 1. The molecule has 1 aromatic heterocycles. The number of halogens is 2. The van der Waals surface area contributed by atoms with Crippen LogP contribution >= 0.6 is 35.6 Å². The van der Waals surface area contributed by atoms with Crippen LogP contribution in [0.5, 0.6) is 0 Å². The van der Waals surface area contributed by atoms with Crippen LogP contribution in [0.4, 0.5) is 0 Å². The standard InChI is InChI=1S/C17H21ClN4O2.HI/c1-19-17(22(2)12-13-6-3-4-8-15(13)18)21-11-16(23)20-10-14-7-5-9-24-14;/h3-9H,10-12H2,1-2H3,(H,19,21)(H,20,23);1H. The van der Waals surface area contributed by atoms with Crippen LogP contribution in [0, 0.1) is 0 Å². The first-order valence-electron chi connectivity index (χ1n) is 7.54. The third-order valence-electron chi connectivity index (χ3n) is 3.39. The van der Waals surface area contributed by atoms with E-state index in [1.165, 1.54) is 0 Å². The second-order valence-corrected chi connectivity index (χ2v) is 5.61. The Labute approximate surface area is 169 Å². The Kier molecular flexibility index (Phi) is 9.36. The molecule has 2 N–H and O–H groups in total. The molecule has 2 rings (SSSR count). The van der Waals surface area contributed by atoms with Gasteiger partial charge in [0.15, 0.2) is 5.96 Å². The minimum Gasteiger partial charge on any atom is -0.467 e. The van der Waals surface area contributed by atoms with Crippen molar-refractivity contribution in [2.24, 2.45) is 4.99 Å². The van der Waals surface area contributed by atoms with Gasteiger partial charge in [-0.3, -0.25) is 9.79 Å². The Morgan fingerprint density at radius 1 is 1.24 bits per heavy atom. The van der Waals surface area contributed by atoms with Crippen LogP contribution in [0.3, 0.4) is 0 Å². The average Bonchev–Trinajstić information content (AvgIpc) is 3.09. The third-order valence-corrected chi connectivity index (χ3v) is 3.75. The van der Waals surface area contributed by atoms with Gasteiger partial charge < -0.3 is 20.0 Å². The van der Waals surface area contributed by atoms with E-state index in [1.54, 1.807) is 19.4 Å². The molecular formula is C17H22ClIN4O2. The zero-order valence-electron chi connectivity index (χ0n) is 14.2. The number of hydrogen-bond acceptors (Lipinski definition) is 3. The molecule has 6 nitrogen and oxygen atoms in total. The first-order valence-corrected chi connectivity index (χ1v) is 7.92. The van der Waals surface area contributed by atoms with Crippen molar-refractivity contribution in [1.29, 1.82) is 0 Å². The quantitative estimate of drug-likeness (QED) is 0.382. The summed E-state index contributed by atoms with van der Waals surface area (Å²) in [7, 11) is 3.56. The first-order chi connectivity index (χ1) is 11.6. The van der Waals surface area contributed by atoms with Gasteiger partial charge in [-0.05, 0) is 23.8 Å². The minimum absolute atomic E-state index is 0. The van der Waals surface area contributed by atoms with Crippen molar-refractivity contribution in [2.75, 3.05) is 20.6 Å². The van der Waals surface area contributed by atoms with Crippen LogP contribution in [0.15, 0.2) is 52.1 Å². The molecule has 0 spiro atoms. The van der Waals surface area contributed by atoms with E-state index in [9.17, 15) is 4.79 Å². The summed E-state index contributed by atoms with van der Waals surface area (Å²) in [6.07, 6.45) is 1.57. The van der Waals surface area contributed by atoms with Crippen LogP contribution in [-0.2, 0) is 17.9 Å². The van der Waals surface area contributed by atoms with Crippen LogP contribution in [0.2, 0.25) is 5.02 Å². The molecule has 0 aliphatic heterocycles. The van der Waals surface area contributed by atoms with E-state index in [0.717, 1.165) is 5.56 Å². The predicted octanol–water partition coefficient (Wildman–Crippen LogP) is 2.87. The van der Waals surface area contributed by atoms with Gasteiger partial charge in [-0.25, -0.2) is 0 Å². The van der Waals surface area contributed by atoms with Crippen LogP contribution < -0.4 is 10.6 Å². The lowest BCUT2D eigenvalue weighted by molar-refractivity contribution is -0.120. The number of amides is 1. The number of furan rings is 1. The molecule has 8 heteroatoms. The second kappa shape index (κ2) is 11.0. The molecule has 0 radical (unpaired) electrons. The van der Waals surface area contributed by atoms with E-state index >= 15 is 0 Å². The maximum atomic E-state index is 11.9. The first kappa shape index (κ1) is 21.3. The minimum atomic E-state index is -0.140. The van der Waals surface area contributed by atoms with Gasteiger partial charge in [0.25, 0.3) is 0 Å². The van der Waals surface area contributed by atoms with E-state index in [1.807, 2.05) is 42.3 Å². The fourth-order valence-corrected chi connectivity index (χ4v) is 2.36. The zero-order valence-corrected chi connectivity index (χ0v) is 17.2. The van der Waals surface area contributed by atoms with Gasteiger partial charge in [-0.2, -0.15) is 0 Å².